The van der Waals surface area contributed by atoms with Crippen LogP contribution in [0, 0.1) is 25.2 Å². The molecule has 3 N–H and O–H groups in total. The first-order valence-corrected chi connectivity index (χ1v) is 10.8. The number of anilines is 1. The number of benzene rings is 2. The van der Waals surface area contributed by atoms with Crippen molar-refractivity contribution in [2.24, 2.45) is 5.73 Å². The lowest BCUT2D eigenvalue weighted by Gasteiger charge is -2.27. The molecule has 0 aliphatic carbocycles. The Morgan fingerprint density at radius 1 is 1.15 bits per heavy atom. The highest BCUT2D eigenvalue weighted by molar-refractivity contribution is 5.93. The number of nitrogens with two attached hydrogens (primary N) is 1. The Morgan fingerprint density at radius 3 is 2.59 bits per heavy atom. The molecule has 0 spiro atoms. The van der Waals surface area contributed by atoms with Gasteiger partial charge in [0.15, 0.2) is 6.61 Å². The highest BCUT2D eigenvalue weighted by Gasteiger charge is 2.36. The van der Waals surface area contributed by atoms with Crippen molar-refractivity contribution >= 4 is 17.6 Å². The van der Waals surface area contributed by atoms with Crippen LogP contribution in [0.4, 0.5) is 5.69 Å². The van der Waals surface area contributed by atoms with Gasteiger partial charge in [0.1, 0.15) is 23.2 Å². The van der Waals surface area contributed by atoms with E-state index in [-0.39, 0.29) is 41.9 Å². The van der Waals surface area contributed by atoms with Gasteiger partial charge in [0.25, 0.3) is 5.91 Å². The number of carbonyl (C=O) groups is 2. The highest BCUT2D eigenvalue weighted by Crippen LogP contribution is 2.40. The number of allylic oxidation sites excluding steroid dienone is 2. The fourth-order valence-corrected chi connectivity index (χ4v) is 3.64. The van der Waals surface area contributed by atoms with Crippen LogP contribution in [0.15, 0.2) is 65.3 Å². The fourth-order valence-electron chi connectivity index (χ4n) is 3.64. The van der Waals surface area contributed by atoms with Crippen LogP contribution in [-0.4, -0.2) is 25.1 Å². The molecule has 34 heavy (non-hydrogen) atoms. The largest absolute Gasteiger partial charge is 0.484 e. The maximum absolute atomic E-state index is 12.7. The summed E-state index contributed by atoms with van der Waals surface area (Å²) in [5, 5.41) is 12.5. The lowest BCUT2D eigenvalue weighted by Crippen LogP contribution is -2.25. The van der Waals surface area contributed by atoms with Crippen LogP contribution in [-0.2, 0) is 19.1 Å². The number of nitriles is 1. The van der Waals surface area contributed by atoms with E-state index < -0.39 is 11.9 Å². The molecule has 0 fully saturated rings. The van der Waals surface area contributed by atoms with Crippen LogP contribution < -0.4 is 15.8 Å². The zero-order valence-corrected chi connectivity index (χ0v) is 19.6. The van der Waals surface area contributed by atoms with Crippen LogP contribution in [0.1, 0.15) is 36.5 Å². The Morgan fingerprint density at radius 2 is 1.91 bits per heavy atom. The van der Waals surface area contributed by atoms with Crippen molar-refractivity contribution in [2.75, 3.05) is 18.5 Å². The van der Waals surface area contributed by atoms with Gasteiger partial charge in [-0.1, -0.05) is 18.2 Å². The van der Waals surface area contributed by atoms with Gasteiger partial charge in [-0.15, -0.1) is 0 Å². The Kier molecular flexibility index (Phi) is 7.59. The molecule has 0 aromatic heterocycles. The summed E-state index contributed by atoms with van der Waals surface area (Å²) in [5.74, 6) is -1.10. The molecule has 176 valence electrons. The second-order valence-corrected chi connectivity index (χ2v) is 7.82. The van der Waals surface area contributed by atoms with Crippen molar-refractivity contribution in [3.63, 3.8) is 0 Å². The van der Waals surface area contributed by atoms with Crippen molar-refractivity contribution in [3.8, 4) is 11.8 Å². The SMILES string of the molecule is CCOC(=O)C1=C(C)OC(N)=C(C#N)C1c1cccc(OCC(=O)Nc2ccc(C)c(C)c2)c1. The molecule has 2 aromatic rings. The Labute approximate surface area is 198 Å². The molecule has 2 aromatic carbocycles. The molecule has 3 rings (SSSR count). The van der Waals surface area contributed by atoms with Crippen molar-refractivity contribution < 1.29 is 23.8 Å². The van der Waals surface area contributed by atoms with Crippen molar-refractivity contribution in [3.05, 3.63) is 81.9 Å². The second kappa shape index (κ2) is 10.6. The normalized spacial score (nSPS) is 15.3. The number of rotatable bonds is 7. The number of ether oxygens (including phenoxy) is 3. The molecule has 1 aliphatic heterocycles. The Balaban J connectivity index is 1.81. The lowest BCUT2D eigenvalue weighted by atomic mass is 9.83. The molecular formula is C26H27N3O5. The molecule has 0 saturated carbocycles. The molecule has 0 bridgehead atoms. The van der Waals surface area contributed by atoms with E-state index in [0.29, 0.717) is 17.0 Å². The van der Waals surface area contributed by atoms with Crippen molar-refractivity contribution in [2.45, 2.75) is 33.6 Å². The molecule has 0 saturated heterocycles. The first-order chi connectivity index (χ1) is 16.2. The summed E-state index contributed by atoms with van der Waals surface area (Å²) in [6.07, 6.45) is 0. The van der Waals surface area contributed by atoms with E-state index in [2.05, 4.69) is 5.32 Å². The molecule has 1 aliphatic rings. The summed E-state index contributed by atoms with van der Waals surface area (Å²) < 4.78 is 16.3. The zero-order chi connectivity index (χ0) is 24.8. The van der Waals surface area contributed by atoms with Crippen LogP contribution in [0.25, 0.3) is 0 Å². The van der Waals surface area contributed by atoms with Crippen LogP contribution in [0.3, 0.4) is 0 Å². The summed E-state index contributed by atoms with van der Waals surface area (Å²) >= 11 is 0. The summed E-state index contributed by atoms with van der Waals surface area (Å²) in [6, 6.07) is 14.5. The van der Waals surface area contributed by atoms with Crippen molar-refractivity contribution in [1.29, 1.82) is 5.26 Å². The average molecular weight is 462 g/mol. The predicted octanol–water partition coefficient (Wildman–Crippen LogP) is 3.97. The quantitative estimate of drug-likeness (QED) is 0.598. The molecule has 1 unspecified atom stereocenters. The lowest BCUT2D eigenvalue weighted by molar-refractivity contribution is -0.139. The van der Waals surface area contributed by atoms with E-state index in [1.807, 2.05) is 38.1 Å². The van der Waals surface area contributed by atoms with E-state index in [4.69, 9.17) is 19.9 Å². The van der Waals surface area contributed by atoms with Crippen LogP contribution >= 0.6 is 0 Å². The van der Waals surface area contributed by atoms with Crippen molar-refractivity contribution in [1.82, 2.24) is 0 Å². The third-order valence-electron chi connectivity index (χ3n) is 5.45. The van der Waals surface area contributed by atoms with Gasteiger partial charge >= 0.3 is 5.97 Å². The number of amides is 1. The highest BCUT2D eigenvalue weighted by atomic mass is 16.5. The molecule has 0 radical (unpaired) electrons. The number of nitrogens with one attached hydrogen (secondary N) is 1. The Hall–Kier alpha value is -4.25. The van der Waals surface area contributed by atoms with E-state index >= 15 is 0 Å². The minimum absolute atomic E-state index is 0.0721. The molecule has 1 atom stereocenters. The number of aryl methyl sites for hydroxylation is 2. The smallest absolute Gasteiger partial charge is 0.338 e. The topological polar surface area (TPSA) is 124 Å². The molecule has 8 nitrogen and oxygen atoms in total. The number of hydrogen-bond acceptors (Lipinski definition) is 7. The fraction of sp³-hybridized carbons (Fsp3) is 0.269. The maximum Gasteiger partial charge on any atom is 0.338 e. The van der Waals surface area contributed by atoms with Gasteiger partial charge in [0.2, 0.25) is 5.88 Å². The summed E-state index contributed by atoms with van der Waals surface area (Å²) in [5.41, 5.74) is 9.70. The average Bonchev–Trinajstić information content (AvgIpc) is 2.80. The molecule has 8 heteroatoms. The molecule has 1 amide bonds. The number of carbonyl (C=O) groups excluding carboxylic acids is 2. The van der Waals surface area contributed by atoms with Gasteiger partial charge in [-0.3, -0.25) is 4.79 Å². The maximum atomic E-state index is 12.7. The van der Waals surface area contributed by atoms with Gasteiger partial charge in [-0.2, -0.15) is 5.26 Å². The van der Waals surface area contributed by atoms with Gasteiger partial charge in [0, 0.05) is 5.69 Å². The summed E-state index contributed by atoms with van der Waals surface area (Å²) in [7, 11) is 0. The van der Waals surface area contributed by atoms with Gasteiger partial charge in [-0.05, 0) is 68.7 Å². The third-order valence-corrected chi connectivity index (χ3v) is 5.45. The minimum Gasteiger partial charge on any atom is -0.484 e. The van der Waals surface area contributed by atoms with E-state index in [1.54, 1.807) is 38.1 Å². The van der Waals surface area contributed by atoms with Gasteiger partial charge in [-0.25, -0.2) is 4.79 Å². The van der Waals surface area contributed by atoms with Crippen LogP contribution in [0.5, 0.6) is 5.75 Å². The number of nitrogens with zero attached hydrogens (tertiary/aromatic N) is 1. The first-order valence-electron chi connectivity index (χ1n) is 10.8. The first kappa shape index (κ1) is 24.4. The van der Waals surface area contributed by atoms with E-state index in [1.165, 1.54) is 0 Å². The summed E-state index contributed by atoms with van der Waals surface area (Å²) in [6.45, 7) is 7.22. The second-order valence-electron chi connectivity index (χ2n) is 7.82. The number of esters is 1. The summed E-state index contributed by atoms with van der Waals surface area (Å²) in [4.78, 5) is 25.0. The third kappa shape index (κ3) is 5.38. The zero-order valence-electron chi connectivity index (χ0n) is 19.6. The molecule has 1 heterocycles. The minimum atomic E-state index is -0.786. The van der Waals surface area contributed by atoms with Gasteiger partial charge in [0.05, 0.1) is 18.1 Å². The molecular weight excluding hydrogens is 434 g/mol. The number of hydrogen-bond donors (Lipinski definition) is 2. The monoisotopic (exact) mass is 461 g/mol. The Bertz CT molecular complexity index is 1220. The van der Waals surface area contributed by atoms with E-state index in [9.17, 15) is 14.9 Å². The standard InChI is InChI=1S/C26H27N3O5/c1-5-32-26(31)23-17(4)34-25(28)21(13-27)24(23)18-7-6-8-20(12-18)33-14-22(30)29-19-10-9-15(2)16(3)11-19/h6-12,24H,5,14,28H2,1-4H3,(H,29,30). The van der Waals surface area contributed by atoms with E-state index in [0.717, 1.165) is 11.1 Å². The predicted molar refractivity (Wildman–Crippen MR) is 126 cm³/mol. The van der Waals surface area contributed by atoms with Crippen LogP contribution in [0.2, 0.25) is 0 Å². The van der Waals surface area contributed by atoms with Gasteiger partial charge < -0.3 is 25.3 Å².